The van der Waals surface area contributed by atoms with Gasteiger partial charge in [0.25, 0.3) is 0 Å². The minimum absolute atomic E-state index is 0.106. The van der Waals surface area contributed by atoms with E-state index in [-0.39, 0.29) is 5.91 Å². The summed E-state index contributed by atoms with van der Waals surface area (Å²) in [6.45, 7) is 1.58. The highest BCUT2D eigenvalue weighted by Crippen LogP contribution is 2.14. The van der Waals surface area contributed by atoms with Crippen molar-refractivity contribution >= 4 is 11.6 Å². The van der Waals surface area contributed by atoms with Gasteiger partial charge in [-0.15, -0.1) is 0 Å². The van der Waals surface area contributed by atoms with Gasteiger partial charge >= 0.3 is 0 Å². The fourth-order valence-corrected chi connectivity index (χ4v) is 2.28. The summed E-state index contributed by atoms with van der Waals surface area (Å²) in [5, 5.41) is 2.95. The molecule has 1 amide bonds. The number of amides is 1. The SMILES string of the molecule is Nc1ccc(CCC(=O)NCCC2CCCO2)cc1. The Hall–Kier alpha value is -1.55. The van der Waals surface area contributed by atoms with Crippen molar-refractivity contribution in [2.75, 3.05) is 18.9 Å². The third-order valence-electron chi connectivity index (χ3n) is 3.43. The van der Waals surface area contributed by atoms with Crippen LogP contribution in [0.2, 0.25) is 0 Å². The van der Waals surface area contributed by atoms with E-state index in [0.29, 0.717) is 19.1 Å². The number of nitrogen functional groups attached to an aromatic ring is 1. The van der Waals surface area contributed by atoms with Crippen molar-refractivity contribution < 1.29 is 9.53 Å². The Labute approximate surface area is 114 Å². The molecule has 3 N–H and O–H groups in total. The molecule has 1 saturated heterocycles. The number of aryl methyl sites for hydroxylation is 1. The van der Waals surface area contributed by atoms with Gasteiger partial charge in [0, 0.05) is 25.3 Å². The Bertz CT molecular complexity index is 397. The summed E-state index contributed by atoms with van der Waals surface area (Å²) in [6.07, 6.45) is 4.82. The molecule has 104 valence electrons. The Morgan fingerprint density at radius 1 is 1.37 bits per heavy atom. The highest BCUT2D eigenvalue weighted by molar-refractivity contribution is 5.76. The average Bonchev–Trinajstić information content (AvgIpc) is 2.91. The van der Waals surface area contributed by atoms with Gasteiger partial charge in [0.15, 0.2) is 0 Å². The number of hydrogen-bond donors (Lipinski definition) is 2. The quantitative estimate of drug-likeness (QED) is 0.769. The molecule has 0 saturated carbocycles. The number of nitrogens with one attached hydrogen (secondary N) is 1. The topological polar surface area (TPSA) is 64.4 Å². The minimum Gasteiger partial charge on any atom is -0.399 e. The lowest BCUT2D eigenvalue weighted by Crippen LogP contribution is -2.27. The predicted molar refractivity (Wildman–Crippen MR) is 75.8 cm³/mol. The van der Waals surface area contributed by atoms with E-state index in [2.05, 4.69) is 5.32 Å². The number of carbonyl (C=O) groups excluding carboxylic acids is 1. The summed E-state index contributed by atoms with van der Waals surface area (Å²) in [7, 11) is 0. The van der Waals surface area contributed by atoms with E-state index in [1.165, 1.54) is 0 Å². The van der Waals surface area contributed by atoms with Crippen molar-refractivity contribution in [2.45, 2.75) is 38.2 Å². The van der Waals surface area contributed by atoms with Gasteiger partial charge in [0.05, 0.1) is 6.10 Å². The van der Waals surface area contributed by atoms with Crippen molar-refractivity contribution in [2.24, 2.45) is 0 Å². The zero-order valence-corrected chi connectivity index (χ0v) is 11.2. The van der Waals surface area contributed by atoms with E-state index in [4.69, 9.17) is 10.5 Å². The Kier molecular flexibility index (Phi) is 5.21. The first-order chi connectivity index (χ1) is 9.24. The third-order valence-corrected chi connectivity index (χ3v) is 3.43. The summed E-state index contributed by atoms with van der Waals surface area (Å²) in [4.78, 5) is 11.7. The molecule has 19 heavy (non-hydrogen) atoms. The average molecular weight is 262 g/mol. The summed E-state index contributed by atoms with van der Waals surface area (Å²) < 4.78 is 5.51. The lowest BCUT2D eigenvalue weighted by molar-refractivity contribution is -0.121. The normalized spacial score (nSPS) is 18.4. The second-order valence-corrected chi connectivity index (χ2v) is 5.02. The maximum atomic E-state index is 11.7. The second-order valence-electron chi connectivity index (χ2n) is 5.02. The molecule has 1 aliphatic heterocycles. The van der Waals surface area contributed by atoms with E-state index in [0.717, 1.165) is 43.5 Å². The smallest absolute Gasteiger partial charge is 0.220 e. The Morgan fingerprint density at radius 2 is 2.16 bits per heavy atom. The molecule has 1 heterocycles. The van der Waals surface area contributed by atoms with Crippen molar-refractivity contribution in [1.82, 2.24) is 5.32 Å². The number of carbonyl (C=O) groups is 1. The number of rotatable bonds is 6. The molecule has 2 rings (SSSR count). The Balaban J connectivity index is 1.60. The molecule has 1 unspecified atom stereocenters. The van der Waals surface area contributed by atoms with Gasteiger partial charge in [0.2, 0.25) is 5.91 Å². The van der Waals surface area contributed by atoms with Crippen LogP contribution in [0.25, 0.3) is 0 Å². The molecule has 0 spiro atoms. The predicted octanol–water partition coefficient (Wildman–Crippen LogP) is 1.89. The van der Waals surface area contributed by atoms with Crippen LogP contribution in [-0.4, -0.2) is 25.2 Å². The molecule has 1 fully saturated rings. The fraction of sp³-hybridized carbons (Fsp3) is 0.533. The van der Waals surface area contributed by atoms with Gasteiger partial charge in [-0.1, -0.05) is 12.1 Å². The van der Waals surface area contributed by atoms with Crippen LogP contribution in [-0.2, 0) is 16.0 Å². The molecular weight excluding hydrogens is 240 g/mol. The highest BCUT2D eigenvalue weighted by atomic mass is 16.5. The summed E-state index contributed by atoms with van der Waals surface area (Å²) >= 11 is 0. The first kappa shape index (κ1) is 13.9. The largest absolute Gasteiger partial charge is 0.399 e. The van der Waals surface area contributed by atoms with Gasteiger partial charge in [-0.3, -0.25) is 4.79 Å². The second kappa shape index (κ2) is 7.14. The number of benzene rings is 1. The molecule has 1 aromatic carbocycles. The third kappa shape index (κ3) is 4.91. The molecular formula is C15H22N2O2. The van der Waals surface area contributed by atoms with Crippen LogP contribution < -0.4 is 11.1 Å². The number of anilines is 1. The zero-order valence-electron chi connectivity index (χ0n) is 11.2. The van der Waals surface area contributed by atoms with Crippen molar-refractivity contribution in [3.05, 3.63) is 29.8 Å². The van der Waals surface area contributed by atoms with E-state index in [1.807, 2.05) is 24.3 Å². The maximum Gasteiger partial charge on any atom is 0.220 e. The highest BCUT2D eigenvalue weighted by Gasteiger charge is 2.14. The van der Waals surface area contributed by atoms with Crippen LogP contribution in [0.4, 0.5) is 5.69 Å². The van der Waals surface area contributed by atoms with Crippen LogP contribution >= 0.6 is 0 Å². The van der Waals surface area contributed by atoms with Crippen LogP contribution in [0.15, 0.2) is 24.3 Å². The molecule has 0 radical (unpaired) electrons. The molecule has 0 aliphatic carbocycles. The first-order valence-corrected chi connectivity index (χ1v) is 6.97. The summed E-state index contributed by atoms with van der Waals surface area (Å²) in [5.74, 6) is 0.106. The molecule has 1 atom stereocenters. The van der Waals surface area contributed by atoms with Crippen molar-refractivity contribution in [3.63, 3.8) is 0 Å². The molecule has 1 aromatic rings. The maximum absolute atomic E-state index is 11.7. The molecule has 4 nitrogen and oxygen atoms in total. The van der Waals surface area contributed by atoms with Gasteiger partial charge in [0.1, 0.15) is 0 Å². The lowest BCUT2D eigenvalue weighted by atomic mass is 10.1. The standard InChI is InChI=1S/C15H22N2O2/c16-13-6-3-12(4-7-13)5-8-15(18)17-10-9-14-2-1-11-19-14/h3-4,6-7,14H,1-2,5,8-11,16H2,(H,17,18). The zero-order chi connectivity index (χ0) is 13.5. The summed E-state index contributed by atoms with van der Waals surface area (Å²) in [6, 6.07) is 7.67. The lowest BCUT2D eigenvalue weighted by Gasteiger charge is -2.10. The summed E-state index contributed by atoms with van der Waals surface area (Å²) in [5.41, 5.74) is 7.51. The molecule has 0 aromatic heterocycles. The number of nitrogens with two attached hydrogens (primary N) is 1. The number of ether oxygens (including phenoxy) is 1. The van der Waals surface area contributed by atoms with Crippen molar-refractivity contribution in [3.8, 4) is 0 Å². The fourth-order valence-electron chi connectivity index (χ4n) is 2.28. The van der Waals surface area contributed by atoms with E-state index in [9.17, 15) is 4.79 Å². The molecule has 1 aliphatic rings. The van der Waals surface area contributed by atoms with Gasteiger partial charge in [-0.05, 0) is 43.4 Å². The van der Waals surface area contributed by atoms with E-state index < -0.39 is 0 Å². The monoisotopic (exact) mass is 262 g/mol. The van der Waals surface area contributed by atoms with Crippen LogP contribution in [0.5, 0.6) is 0 Å². The van der Waals surface area contributed by atoms with Crippen LogP contribution in [0.3, 0.4) is 0 Å². The van der Waals surface area contributed by atoms with Gasteiger partial charge < -0.3 is 15.8 Å². The van der Waals surface area contributed by atoms with Crippen LogP contribution in [0, 0.1) is 0 Å². The van der Waals surface area contributed by atoms with Crippen LogP contribution in [0.1, 0.15) is 31.2 Å². The first-order valence-electron chi connectivity index (χ1n) is 6.97. The van der Waals surface area contributed by atoms with E-state index in [1.54, 1.807) is 0 Å². The minimum atomic E-state index is 0.106. The van der Waals surface area contributed by atoms with Crippen molar-refractivity contribution in [1.29, 1.82) is 0 Å². The Morgan fingerprint density at radius 3 is 2.84 bits per heavy atom. The molecule has 0 bridgehead atoms. The van der Waals surface area contributed by atoms with Gasteiger partial charge in [-0.2, -0.15) is 0 Å². The van der Waals surface area contributed by atoms with E-state index >= 15 is 0 Å². The molecule has 4 heteroatoms. The van der Waals surface area contributed by atoms with Gasteiger partial charge in [-0.25, -0.2) is 0 Å². The number of hydrogen-bond acceptors (Lipinski definition) is 3.